The van der Waals surface area contributed by atoms with E-state index in [4.69, 9.17) is 0 Å². The molecule has 0 spiro atoms. The summed E-state index contributed by atoms with van der Waals surface area (Å²) in [4.78, 5) is 29.3. The molecule has 0 saturated carbocycles. The molecule has 0 aliphatic heterocycles. The van der Waals surface area contributed by atoms with E-state index in [1.54, 1.807) is 30.3 Å². The fraction of sp³-hybridized carbons (Fsp3) is 0.235. The quantitative estimate of drug-likeness (QED) is 0.250. The lowest BCUT2D eigenvalue weighted by Crippen LogP contribution is -2.53. The summed E-state index contributed by atoms with van der Waals surface area (Å²) in [6, 6.07) is 31.5. The third-order valence-electron chi connectivity index (χ3n) is 7.36. The summed E-state index contributed by atoms with van der Waals surface area (Å²) in [6.07, 6.45) is 1.07. The van der Waals surface area contributed by atoms with Gasteiger partial charge in [0.05, 0.1) is 10.6 Å². The van der Waals surface area contributed by atoms with Gasteiger partial charge in [0.1, 0.15) is 12.6 Å². The molecular weight excluding hydrogens is 546 g/mol. The molecule has 2 amide bonds. The summed E-state index contributed by atoms with van der Waals surface area (Å²) in [5.41, 5.74) is 4.15. The number of likely N-dealkylation sites (N-methyl/N-ethyl adjacent to an activating group) is 1. The van der Waals surface area contributed by atoms with Crippen molar-refractivity contribution in [3.8, 4) is 0 Å². The number of hydrogen-bond donors (Lipinski definition) is 1. The van der Waals surface area contributed by atoms with E-state index in [2.05, 4.69) is 5.32 Å². The summed E-state index contributed by atoms with van der Waals surface area (Å²) in [5, 5.41) is 2.71. The normalized spacial score (nSPS) is 11.9. The first-order chi connectivity index (χ1) is 20.2. The molecule has 4 rings (SSSR count). The predicted molar refractivity (Wildman–Crippen MR) is 167 cm³/mol. The molecule has 7 nitrogen and oxygen atoms in total. The van der Waals surface area contributed by atoms with E-state index < -0.39 is 28.5 Å². The highest BCUT2D eigenvalue weighted by molar-refractivity contribution is 7.92. The number of nitrogens with zero attached hydrogens (tertiary/aromatic N) is 2. The van der Waals surface area contributed by atoms with Crippen molar-refractivity contribution in [3.63, 3.8) is 0 Å². The summed E-state index contributed by atoms with van der Waals surface area (Å²) >= 11 is 0. The molecule has 8 heteroatoms. The van der Waals surface area contributed by atoms with E-state index in [0.717, 1.165) is 33.0 Å². The minimum Gasteiger partial charge on any atom is -0.357 e. The van der Waals surface area contributed by atoms with Crippen molar-refractivity contribution in [2.75, 3.05) is 17.9 Å². The zero-order chi connectivity index (χ0) is 30.1. The van der Waals surface area contributed by atoms with E-state index >= 15 is 0 Å². The Balaban J connectivity index is 1.79. The lowest BCUT2D eigenvalue weighted by molar-refractivity contribution is -0.139. The largest absolute Gasteiger partial charge is 0.357 e. The third-order valence-corrected chi connectivity index (χ3v) is 9.15. The van der Waals surface area contributed by atoms with Crippen molar-refractivity contribution < 1.29 is 18.0 Å². The van der Waals surface area contributed by atoms with Crippen molar-refractivity contribution in [2.45, 2.75) is 44.2 Å². The molecule has 1 N–H and O–H groups in total. The lowest BCUT2D eigenvalue weighted by Gasteiger charge is -2.34. The van der Waals surface area contributed by atoms with Crippen molar-refractivity contribution in [3.05, 3.63) is 131 Å². The molecule has 0 fully saturated rings. The van der Waals surface area contributed by atoms with Crippen LogP contribution in [0.2, 0.25) is 0 Å². The number of amides is 2. The molecule has 218 valence electrons. The van der Waals surface area contributed by atoms with Gasteiger partial charge < -0.3 is 10.2 Å². The van der Waals surface area contributed by atoms with Crippen LogP contribution in [-0.4, -0.2) is 44.8 Å². The summed E-state index contributed by atoms with van der Waals surface area (Å²) in [5.74, 6) is -0.813. The Hall–Kier alpha value is -4.43. The minimum atomic E-state index is -4.11. The second kappa shape index (κ2) is 14.0. The van der Waals surface area contributed by atoms with E-state index in [1.807, 2.05) is 80.6 Å². The van der Waals surface area contributed by atoms with Gasteiger partial charge in [-0.2, -0.15) is 0 Å². The van der Waals surface area contributed by atoms with Crippen LogP contribution in [0.5, 0.6) is 0 Å². The Morgan fingerprint density at radius 2 is 1.38 bits per heavy atom. The highest BCUT2D eigenvalue weighted by atomic mass is 32.2. The van der Waals surface area contributed by atoms with E-state index in [0.29, 0.717) is 5.69 Å². The summed E-state index contributed by atoms with van der Waals surface area (Å²) < 4.78 is 29.1. The zero-order valence-corrected chi connectivity index (χ0v) is 25.1. The molecule has 0 aliphatic rings. The van der Waals surface area contributed by atoms with Crippen LogP contribution in [0.25, 0.3) is 0 Å². The van der Waals surface area contributed by atoms with Crippen LogP contribution in [0.15, 0.2) is 114 Å². The van der Waals surface area contributed by atoms with Gasteiger partial charge in [-0.1, -0.05) is 91.9 Å². The molecule has 0 aliphatic carbocycles. The van der Waals surface area contributed by atoms with Gasteiger partial charge >= 0.3 is 0 Å². The van der Waals surface area contributed by atoms with Crippen LogP contribution >= 0.6 is 0 Å². The van der Waals surface area contributed by atoms with Crippen LogP contribution in [-0.2, 0) is 39.0 Å². The standard InChI is InChI=1S/C34H37N3O4S/c1-4-27-19-21-30(22-20-27)37(42(40,41)31-17-9-6-10-18-31)25-33(38)36(24-29-16-12-11-13-26(29)2)32(34(39)35-3)23-28-14-7-5-8-15-28/h5-22,32H,4,23-25H2,1-3H3,(H,35,39). The number of aryl methyl sites for hydroxylation is 2. The SMILES string of the molecule is CCc1ccc(N(CC(=O)N(Cc2ccccc2C)C(Cc2ccccc2)C(=O)NC)S(=O)(=O)c2ccccc2)cc1. The van der Waals surface area contributed by atoms with E-state index in [-0.39, 0.29) is 23.8 Å². The average molecular weight is 584 g/mol. The maximum atomic E-state index is 14.3. The molecule has 0 heterocycles. The number of carbonyl (C=O) groups is 2. The third kappa shape index (κ3) is 7.25. The lowest BCUT2D eigenvalue weighted by atomic mass is 10.0. The van der Waals surface area contributed by atoms with Crippen LogP contribution in [0.4, 0.5) is 5.69 Å². The fourth-order valence-corrected chi connectivity index (χ4v) is 6.27. The second-order valence-electron chi connectivity index (χ2n) is 10.1. The van der Waals surface area contributed by atoms with Crippen LogP contribution in [0.1, 0.15) is 29.2 Å². The number of carbonyl (C=O) groups excluding carboxylic acids is 2. The molecule has 4 aromatic rings. The smallest absolute Gasteiger partial charge is 0.264 e. The minimum absolute atomic E-state index is 0.0787. The van der Waals surface area contributed by atoms with Gasteiger partial charge in [0.2, 0.25) is 11.8 Å². The van der Waals surface area contributed by atoms with Crippen molar-refractivity contribution in [1.29, 1.82) is 0 Å². The Kier molecular flexibility index (Phi) is 10.1. The summed E-state index contributed by atoms with van der Waals surface area (Å²) in [6.45, 7) is 3.64. The highest BCUT2D eigenvalue weighted by Crippen LogP contribution is 2.26. The molecule has 4 aromatic carbocycles. The first-order valence-corrected chi connectivity index (χ1v) is 15.4. The van der Waals surface area contributed by atoms with Gasteiger partial charge in [0.15, 0.2) is 0 Å². The molecule has 0 saturated heterocycles. The maximum Gasteiger partial charge on any atom is 0.264 e. The van der Waals surface area contributed by atoms with Gasteiger partial charge in [-0.15, -0.1) is 0 Å². The van der Waals surface area contributed by atoms with Gasteiger partial charge in [-0.25, -0.2) is 8.42 Å². The van der Waals surface area contributed by atoms with Crippen LogP contribution in [0.3, 0.4) is 0 Å². The molecule has 0 radical (unpaired) electrons. The molecule has 1 unspecified atom stereocenters. The van der Waals surface area contributed by atoms with Gasteiger partial charge in [0.25, 0.3) is 10.0 Å². The van der Waals surface area contributed by atoms with Crippen molar-refractivity contribution in [1.82, 2.24) is 10.2 Å². The summed E-state index contributed by atoms with van der Waals surface area (Å²) in [7, 11) is -2.57. The predicted octanol–water partition coefficient (Wildman–Crippen LogP) is 5.14. The first kappa shape index (κ1) is 30.5. The zero-order valence-electron chi connectivity index (χ0n) is 24.2. The maximum absolute atomic E-state index is 14.3. The van der Waals surface area contributed by atoms with Crippen molar-refractivity contribution in [2.24, 2.45) is 0 Å². The molecule has 0 aromatic heterocycles. The average Bonchev–Trinajstić information content (AvgIpc) is 3.02. The Morgan fingerprint density at radius 1 is 0.786 bits per heavy atom. The van der Waals surface area contributed by atoms with Crippen LogP contribution < -0.4 is 9.62 Å². The number of sulfonamides is 1. The Morgan fingerprint density at radius 3 is 1.98 bits per heavy atom. The molecule has 1 atom stereocenters. The molecular formula is C34H37N3O4S. The van der Waals surface area contributed by atoms with Crippen molar-refractivity contribution >= 4 is 27.5 Å². The Bertz CT molecular complexity index is 1590. The number of hydrogen-bond acceptors (Lipinski definition) is 4. The Labute approximate surface area is 248 Å². The number of benzene rings is 4. The van der Waals surface area contributed by atoms with Crippen LogP contribution in [0, 0.1) is 6.92 Å². The van der Waals surface area contributed by atoms with Gasteiger partial charge in [0, 0.05) is 20.0 Å². The highest BCUT2D eigenvalue weighted by Gasteiger charge is 2.34. The number of anilines is 1. The monoisotopic (exact) mass is 583 g/mol. The second-order valence-corrected chi connectivity index (χ2v) is 12.0. The van der Waals surface area contributed by atoms with E-state index in [9.17, 15) is 18.0 Å². The van der Waals surface area contributed by atoms with E-state index in [1.165, 1.54) is 24.1 Å². The topological polar surface area (TPSA) is 86.8 Å². The first-order valence-electron chi connectivity index (χ1n) is 14.0. The molecule has 0 bridgehead atoms. The van der Waals surface area contributed by atoms with Gasteiger partial charge in [-0.3, -0.25) is 13.9 Å². The molecule has 42 heavy (non-hydrogen) atoms. The number of rotatable bonds is 12. The van der Waals surface area contributed by atoms with Gasteiger partial charge in [-0.05, 0) is 59.9 Å². The fourth-order valence-electron chi connectivity index (χ4n) is 4.84. The number of nitrogens with one attached hydrogen (secondary N) is 1.